The number of esters is 2. The quantitative estimate of drug-likeness (QED) is 0.700. The Bertz CT molecular complexity index is 459. The molecule has 24 heavy (non-hydrogen) atoms. The van der Waals surface area contributed by atoms with Crippen LogP contribution in [0.4, 0.5) is 0 Å². The zero-order chi connectivity index (χ0) is 17.0. The summed E-state index contributed by atoms with van der Waals surface area (Å²) < 4.78 is 9.22. The Balaban J connectivity index is 0.00000288. The second-order valence-electron chi connectivity index (χ2n) is 6.56. The Morgan fingerprint density at radius 2 is 1.71 bits per heavy atom. The minimum Gasteiger partial charge on any atom is -0.469 e. The molecule has 138 valence electrons. The second kappa shape index (κ2) is 9.22. The van der Waals surface area contributed by atoms with Gasteiger partial charge in [0.15, 0.2) is 0 Å². The first kappa shape index (κ1) is 20.7. The average Bonchev–Trinajstić information content (AvgIpc) is 2.52. The van der Waals surface area contributed by atoms with E-state index < -0.39 is 18.0 Å². The average molecular weight is 363 g/mol. The largest absolute Gasteiger partial charge is 0.469 e. The number of carbonyl (C=O) groups excluding carboxylic acids is 3. The van der Waals surface area contributed by atoms with Crippen LogP contribution in [0.2, 0.25) is 0 Å². The minimum atomic E-state index is -1.00. The second-order valence-corrected chi connectivity index (χ2v) is 6.56. The van der Waals surface area contributed by atoms with Gasteiger partial charge in [0.1, 0.15) is 6.04 Å². The van der Waals surface area contributed by atoms with E-state index in [1.165, 1.54) is 20.6 Å². The number of rotatable bonds is 5. The van der Waals surface area contributed by atoms with E-state index in [1.54, 1.807) is 0 Å². The first-order valence-electron chi connectivity index (χ1n) is 8.16. The molecule has 7 nitrogen and oxygen atoms in total. The third kappa shape index (κ3) is 4.83. The molecule has 0 aliphatic heterocycles. The molecule has 0 radical (unpaired) electrons. The highest BCUT2D eigenvalue weighted by molar-refractivity contribution is 5.88. The molecule has 0 spiro atoms. The van der Waals surface area contributed by atoms with Gasteiger partial charge in [0.25, 0.3) is 0 Å². The lowest BCUT2D eigenvalue weighted by Crippen LogP contribution is -2.51. The molecule has 3 N–H and O–H groups in total. The normalized spacial score (nSPS) is 29.6. The fourth-order valence-corrected chi connectivity index (χ4v) is 3.88. The van der Waals surface area contributed by atoms with Crippen LogP contribution in [0.1, 0.15) is 38.5 Å². The van der Waals surface area contributed by atoms with Crippen LogP contribution in [-0.2, 0) is 23.9 Å². The molecule has 8 heteroatoms. The van der Waals surface area contributed by atoms with Crippen LogP contribution in [0, 0.1) is 17.8 Å². The van der Waals surface area contributed by atoms with Crippen molar-refractivity contribution in [2.75, 3.05) is 14.2 Å². The maximum atomic E-state index is 12.5. The van der Waals surface area contributed by atoms with Gasteiger partial charge in [-0.1, -0.05) is 6.42 Å². The molecule has 2 saturated carbocycles. The van der Waals surface area contributed by atoms with Gasteiger partial charge in [-0.15, -0.1) is 12.4 Å². The van der Waals surface area contributed by atoms with E-state index in [-0.39, 0.29) is 36.7 Å². The van der Waals surface area contributed by atoms with Crippen molar-refractivity contribution in [3.05, 3.63) is 0 Å². The summed E-state index contributed by atoms with van der Waals surface area (Å²) >= 11 is 0. The summed E-state index contributed by atoms with van der Waals surface area (Å²) in [5.41, 5.74) is 6.23. The van der Waals surface area contributed by atoms with Crippen LogP contribution in [0.25, 0.3) is 0 Å². The first-order chi connectivity index (χ1) is 11.0. The molecular weight excluding hydrogens is 336 g/mol. The van der Waals surface area contributed by atoms with Gasteiger partial charge >= 0.3 is 11.9 Å². The molecule has 0 aromatic carbocycles. The fourth-order valence-electron chi connectivity index (χ4n) is 3.88. The van der Waals surface area contributed by atoms with E-state index in [0.29, 0.717) is 11.8 Å². The maximum absolute atomic E-state index is 12.5. The lowest BCUT2D eigenvalue weighted by molar-refractivity contribution is -0.151. The van der Waals surface area contributed by atoms with Gasteiger partial charge in [-0.3, -0.25) is 9.59 Å². The maximum Gasteiger partial charge on any atom is 0.328 e. The molecule has 0 aromatic heterocycles. The van der Waals surface area contributed by atoms with Crippen molar-refractivity contribution in [3.8, 4) is 0 Å². The highest BCUT2D eigenvalue weighted by Gasteiger charge is 2.41. The zero-order valence-electron chi connectivity index (χ0n) is 14.2. The molecule has 0 saturated heterocycles. The van der Waals surface area contributed by atoms with Crippen LogP contribution in [0.15, 0.2) is 0 Å². The van der Waals surface area contributed by atoms with Crippen LogP contribution in [0.3, 0.4) is 0 Å². The summed E-state index contributed by atoms with van der Waals surface area (Å²) in [7, 11) is 2.46. The number of hydrogen-bond donors (Lipinski definition) is 2. The Morgan fingerprint density at radius 3 is 2.21 bits per heavy atom. The number of nitrogens with two attached hydrogens (primary N) is 1. The molecule has 2 aliphatic carbocycles. The lowest BCUT2D eigenvalue weighted by Gasteiger charge is -2.43. The van der Waals surface area contributed by atoms with Gasteiger partial charge in [0.2, 0.25) is 5.91 Å². The third-order valence-electron chi connectivity index (χ3n) is 5.18. The van der Waals surface area contributed by atoms with Gasteiger partial charge in [-0.2, -0.15) is 0 Å². The Labute approximate surface area is 148 Å². The van der Waals surface area contributed by atoms with E-state index in [9.17, 15) is 14.4 Å². The predicted octanol–water partition coefficient (Wildman–Crippen LogP) is 0.783. The number of hydrogen-bond acceptors (Lipinski definition) is 6. The SMILES string of the molecule is COC(=O)CC(NC(=O)C1CC2CCCC(C1)C2N)C(=O)OC.Cl. The van der Waals surface area contributed by atoms with Gasteiger partial charge in [-0.05, 0) is 37.5 Å². The molecule has 2 fully saturated rings. The van der Waals surface area contributed by atoms with E-state index >= 15 is 0 Å². The van der Waals surface area contributed by atoms with Crippen molar-refractivity contribution in [1.82, 2.24) is 5.32 Å². The highest BCUT2D eigenvalue weighted by atomic mass is 35.5. The summed E-state index contributed by atoms with van der Waals surface area (Å²) in [6, 6.07) is -0.824. The molecule has 3 atom stereocenters. The molecule has 2 rings (SSSR count). The van der Waals surface area contributed by atoms with Gasteiger partial charge in [0.05, 0.1) is 20.6 Å². The van der Waals surface area contributed by atoms with E-state index in [0.717, 1.165) is 25.7 Å². The summed E-state index contributed by atoms with van der Waals surface area (Å²) in [5.74, 6) is -0.825. The Kier molecular flexibility index (Phi) is 7.96. The first-order valence-corrected chi connectivity index (χ1v) is 8.16. The van der Waals surface area contributed by atoms with E-state index in [1.807, 2.05) is 0 Å². The third-order valence-corrected chi connectivity index (χ3v) is 5.18. The Hall–Kier alpha value is -1.34. The minimum absolute atomic E-state index is 0. The van der Waals surface area contributed by atoms with Crippen molar-refractivity contribution < 1.29 is 23.9 Å². The topological polar surface area (TPSA) is 108 Å². The lowest BCUT2D eigenvalue weighted by atomic mass is 9.65. The zero-order valence-corrected chi connectivity index (χ0v) is 15.0. The van der Waals surface area contributed by atoms with Crippen LogP contribution in [0.5, 0.6) is 0 Å². The van der Waals surface area contributed by atoms with E-state index in [4.69, 9.17) is 5.73 Å². The number of ether oxygens (including phenoxy) is 2. The van der Waals surface area contributed by atoms with Crippen molar-refractivity contribution in [1.29, 1.82) is 0 Å². The van der Waals surface area contributed by atoms with Gasteiger partial charge in [-0.25, -0.2) is 4.79 Å². The van der Waals surface area contributed by atoms with Crippen LogP contribution in [-0.4, -0.2) is 44.1 Å². The van der Waals surface area contributed by atoms with Crippen molar-refractivity contribution in [3.63, 3.8) is 0 Å². The molecule has 3 unspecified atom stereocenters. The summed E-state index contributed by atoms with van der Waals surface area (Å²) in [4.78, 5) is 35.7. The van der Waals surface area contributed by atoms with Gasteiger partial charge in [0, 0.05) is 12.0 Å². The number of methoxy groups -OCH3 is 2. The molecule has 0 aromatic rings. The summed E-state index contributed by atoms with van der Waals surface area (Å²) in [5, 5.41) is 2.65. The Morgan fingerprint density at radius 1 is 1.12 bits per heavy atom. The molecular formula is C16H27ClN2O5. The van der Waals surface area contributed by atoms with Crippen LogP contribution < -0.4 is 11.1 Å². The monoisotopic (exact) mass is 362 g/mol. The fraction of sp³-hybridized carbons (Fsp3) is 0.812. The van der Waals surface area contributed by atoms with E-state index in [2.05, 4.69) is 14.8 Å². The number of amides is 1. The molecule has 0 heterocycles. The highest BCUT2D eigenvalue weighted by Crippen LogP contribution is 2.41. The summed E-state index contributed by atoms with van der Waals surface area (Å²) in [6.45, 7) is 0. The number of nitrogens with one attached hydrogen (secondary N) is 1. The standard InChI is InChI=1S/C16H26N2O5.ClH/c1-22-13(19)8-12(16(21)23-2)18-15(20)11-6-9-4-3-5-10(7-11)14(9)17;/h9-12,14H,3-8,17H2,1-2H3,(H,18,20);1H. The summed E-state index contributed by atoms with van der Waals surface area (Å²) in [6.07, 6.45) is 4.55. The van der Waals surface area contributed by atoms with Crippen molar-refractivity contribution >= 4 is 30.3 Å². The number of halogens is 1. The molecule has 2 aliphatic rings. The number of fused-ring (bicyclic) bond motifs is 2. The van der Waals surface area contributed by atoms with Crippen molar-refractivity contribution in [2.45, 2.75) is 50.6 Å². The molecule has 2 bridgehead atoms. The van der Waals surface area contributed by atoms with Gasteiger partial charge < -0.3 is 20.5 Å². The smallest absolute Gasteiger partial charge is 0.328 e. The molecule has 1 amide bonds. The number of carbonyl (C=O) groups is 3. The van der Waals surface area contributed by atoms with Crippen LogP contribution >= 0.6 is 12.4 Å². The van der Waals surface area contributed by atoms with Crippen molar-refractivity contribution in [2.24, 2.45) is 23.5 Å². The predicted molar refractivity (Wildman–Crippen MR) is 89.4 cm³/mol.